The van der Waals surface area contributed by atoms with Gasteiger partial charge in [-0.05, 0) is 24.6 Å². The molecule has 1 aromatic heterocycles. The second-order valence-corrected chi connectivity index (χ2v) is 4.12. The summed E-state index contributed by atoms with van der Waals surface area (Å²) in [6.07, 6.45) is 0.160. The fourth-order valence-corrected chi connectivity index (χ4v) is 1.64. The molecule has 2 N–H and O–H groups in total. The number of rotatable bonds is 4. The molecule has 8 nitrogen and oxygen atoms in total. The van der Waals surface area contributed by atoms with Gasteiger partial charge in [-0.2, -0.15) is 0 Å². The van der Waals surface area contributed by atoms with E-state index in [2.05, 4.69) is 10.3 Å². The Hall–Kier alpha value is -3.16. The summed E-state index contributed by atoms with van der Waals surface area (Å²) in [5.41, 5.74) is 0.566. The predicted octanol–water partition coefficient (Wildman–Crippen LogP) is 3.18. The normalized spacial score (nSPS) is 9.95. The lowest BCUT2D eigenvalue weighted by Gasteiger charge is -2.09. The molecule has 1 aromatic carbocycles. The summed E-state index contributed by atoms with van der Waals surface area (Å²) in [6.45, 7) is 1.68. The van der Waals surface area contributed by atoms with Gasteiger partial charge >= 0.3 is 6.09 Å². The Morgan fingerprint density at radius 2 is 2.14 bits per heavy atom. The molecular formula is C13H11N3O5. The number of carboxylic acid groups (broad SMARTS) is 1. The first-order chi connectivity index (χ1) is 9.95. The van der Waals surface area contributed by atoms with Gasteiger partial charge in [0.1, 0.15) is 17.3 Å². The molecule has 0 bridgehead atoms. The molecule has 2 aromatic rings. The minimum absolute atomic E-state index is 0.0252. The molecule has 0 atom stereocenters. The van der Waals surface area contributed by atoms with Gasteiger partial charge in [0, 0.05) is 24.4 Å². The molecule has 0 aliphatic rings. The van der Waals surface area contributed by atoms with E-state index < -0.39 is 11.0 Å². The lowest BCUT2D eigenvalue weighted by molar-refractivity contribution is -0.384. The molecule has 0 unspecified atom stereocenters. The van der Waals surface area contributed by atoms with Crippen molar-refractivity contribution in [3.63, 3.8) is 0 Å². The summed E-state index contributed by atoms with van der Waals surface area (Å²) in [4.78, 5) is 24.5. The zero-order valence-corrected chi connectivity index (χ0v) is 10.9. The topological polar surface area (TPSA) is 115 Å². The maximum atomic E-state index is 10.7. The quantitative estimate of drug-likeness (QED) is 0.659. The number of nitro benzene ring substituents is 1. The van der Waals surface area contributed by atoms with Crippen LogP contribution in [0.25, 0.3) is 0 Å². The van der Waals surface area contributed by atoms with Crippen molar-refractivity contribution < 1.29 is 19.6 Å². The summed E-state index contributed by atoms with van der Waals surface area (Å²) in [5.74, 6) is 0.929. The minimum atomic E-state index is -1.23. The Morgan fingerprint density at radius 3 is 2.76 bits per heavy atom. The van der Waals surface area contributed by atoms with E-state index in [1.807, 2.05) is 0 Å². The number of carbonyl (C=O) groups is 1. The molecule has 0 radical (unpaired) electrons. The first kappa shape index (κ1) is 14.3. The van der Waals surface area contributed by atoms with Crippen LogP contribution in [0.3, 0.4) is 0 Å². The largest absolute Gasteiger partial charge is 0.465 e. The lowest BCUT2D eigenvalue weighted by atomic mass is 10.2. The van der Waals surface area contributed by atoms with Crippen molar-refractivity contribution in [1.82, 2.24) is 4.98 Å². The average Bonchev–Trinajstić information content (AvgIpc) is 2.40. The molecule has 108 valence electrons. The van der Waals surface area contributed by atoms with E-state index in [9.17, 15) is 14.9 Å². The molecule has 2 rings (SSSR count). The van der Waals surface area contributed by atoms with Gasteiger partial charge in [0.2, 0.25) is 0 Å². The van der Waals surface area contributed by atoms with Gasteiger partial charge in [0.25, 0.3) is 5.69 Å². The second-order valence-electron chi connectivity index (χ2n) is 4.12. The summed E-state index contributed by atoms with van der Waals surface area (Å²) >= 11 is 0. The zero-order valence-electron chi connectivity index (χ0n) is 10.9. The fraction of sp³-hybridized carbons (Fsp3) is 0.0769. The molecule has 0 aliphatic heterocycles. The van der Waals surface area contributed by atoms with Crippen molar-refractivity contribution in [1.29, 1.82) is 0 Å². The van der Waals surface area contributed by atoms with Crippen LogP contribution in [0.4, 0.5) is 16.3 Å². The molecule has 0 spiro atoms. The highest BCUT2D eigenvalue weighted by Gasteiger charge is 2.10. The first-order valence-corrected chi connectivity index (χ1v) is 5.84. The van der Waals surface area contributed by atoms with Crippen molar-refractivity contribution in [3.8, 4) is 11.5 Å². The zero-order chi connectivity index (χ0) is 15.4. The van der Waals surface area contributed by atoms with Crippen LogP contribution in [-0.2, 0) is 0 Å². The Morgan fingerprint density at radius 1 is 1.38 bits per heavy atom. The molecule has 0 saturated carbocycles. The van der Waals surface area contributed by atoms with Gasteiger partial charge in [-0.25, -0.2) is 9.78 Å². The molecule has 0 saturated heterocycles. The summed E-state index contributed by atoms with van der Waals surface area (Å²) in [5, 5.41) is 21.4. The highest BCUT2D eigenvalue weighted by atomic mass is 16.6. The van der Waals surface area contributed by atoms with E-state index >= 15 is 0 Å². The summed E-state index contributed by atoms with van der Waals surface area (Å²) in [7, 11) is 0. The van der Waals surface area contributed by atoms with Gasteiger partial charge in [-0.1, -0.05) is 0 Å². The van der Waals surface area contributed by atoms with E-state index in [0.29, 0.717) is 17.1 Å². The minimum Gasteiger partial charge on any atom is -0.465 e. The number of aromatic nitrogens is 1. The Bertz CT molecular complexity index is 702. The number of hydrogen-bond donors (Lipinski definition) is 2. The SMILES string of the molecule is Cc1cc([N+](=O)[O-])ccc1Oc1ccnc(NC(=O)O)c1. The third kappa shape index (κ3) is 3.66. The molecule has 1 amide bonds. The van der Waals surface area contributed by atoms with Crippen molar-refractivity contribution in [2.75, 3.05) is 5.32 Å². The number of nitro groups is 1. The number of hydrogen-bond acceptors (Lipinski definition) is 5. The van der Waals surface area contributed by atoms with Crippen LogP contribution < -0.4 is 10.1 Å². The van der Waals surface area contributed by atoms with E-state index in [-0.39, 0.29) is 11.5 Å². The first-order valence-electron chi connectivity index (χ1n) is 5.84. The Kier molecular flexibility index (Phi) is 3.98. The van der Waals surface area contributed by atoms with Crippen LogP contribution in [-0.4, -0.2) is 21.1 Å². The number of ether oxygens (including phenoxy) is 1. The van der Waals surface area contributed by atoms with E-state index in [1.54, 1.807) is 13.0 Å². The standard InChI is InChI=1S/C13H11N3O5/c1-8-6-9(16(19)20)2-3-11(8)21-10-4-5-14-12(7-10)15-13(17)18/h2-7H,1H3,(H,14,15)(H,17,18). The smallest absolute Gasteiger partial charge is 0.410 e. The number of anilines is 1. The number of aryl methyl sites for hydroxylation is 1. The summed E-state index contributed by atoms with van der Waals surface area (Å²) < 4.78 is 5.57. The molecule has 21 heavy (non-hydrogen) atoms. The van der Waals surface area contributed by atoms with Crippen LogP contribution in [0, 0.1) is 17.0 Å². The van der Waals surface area contributed by atoms with Gasteiger partial charge in [0.15, 0.2) is 0 Å². The highest BCUT2D eigenvalue weighted by molar-refractivity contribution is 5.81. The Labute approximate surface area is 119 Å². The van der Waals surface area contributed by atoms with E-state index in [0.717, 1.165) is 0 Å². The monoisotopic (exact) mass is 289 g/mol. The Balaban J connectivity index is 2.22. The van der Waals surface area contributed by atoms with Crippen molar-refractivity contribution in [3.05, 3.63) is 52.2 Å². The van der Waals surface area contributed by atoms with E-state index in [1.165, 1.54) is 30.5 Å². The second kappa shape index (κ2) is 5.87. The van der Waals surface area contributed by atoms with Gasteiger partial charge in [0.05, 0.1) is 4.92 Å². The van der Waals surface area contributed by atoms with Crippen LogP contribution in [0.1, 0.15) is 5.56 Å². The molecule has 0 fully saturated rings. The van der Waals surface area contributed by atoms with Crippen molar-refractivity contribution >= 4 is 17.6 Å². The maximum absolute atomic E-state index is 10.7. The number of non-ortho nitro benzene ring substituents is 1. The third-order valence-electron chi connectivity index (χ3n) is 2.56. The fourth-order valence-electron chi connectivity index (χ4n) is 1.64. The van der Waals surface area contributed by atoms with Gasteiger partial charge in [-0.15, -0.1) is 0 Å². The van der Waals surface area contributed by atoms with Gasteiger partial charge in [-0.3, -0.25) is 15.4 Å². The van der Waals surface area contributed by atoms with Crippen LogP contribution in [0.5, 0.6) is 11.5 Å². The molecule has 0 aliphatic carbocycles. The molecule has 8 heteroatoms. The van der Waals surface area contributed by atoms with Crippen LogP contribution in [0.2, 0.25) is 0 Å². The number of nitrogens with one attached hydrogen (secondary N) is 1. The molecular weight excluding hydrogens is 278 g/mol. The van der Waals surface area contributed by atoms with Crippen LogP contribution in [0.15, 0.2) is 36.5 Å². The van der Waals surface area contributed by atoms with Gasteiger partial charge < -0.3 is 9.84 Å². The van der Waals surface area contributed by atoms with Crippen LogP contribution >= 0.6 is 0 Å². The van der Waals surface area contributed by atoms with E-state index in [4.69, 9.17) is 9.84 Å². The number of amides is 1. The maximum Gasteiger partial charge on any atom is 0.410 e. The van der Waals surface area contributed by atoms with Crippen molar-refractivity contribution in [2.24, 2.45) is 0 Å². The lowest BCUT2D eigenvalue weighted by Crippen LogP contribution is -2.08. The average molecular weight is 289 g/mol. The number of nitrogens with zero attached hydrogens (tertiary/aromatic N) is 2. The molecule has 1 heterocycles. The summed E-state index contributed by atoms with van der Waals surface area (Å²) in [6, 6.07) is 7.17. The predicted molar refractivity (Wildman–Crippen MR) is 73.8 cm³/mol. The highest BCUT2D eigenvalue weighted by Crippen LogP contribution is 2.28. The van der Waals surface area contributed by atoms with Crippen molar-refractivity contribution in [2.45, 2.75) is 6.92 Å². The third-order valence-corrected chi connectivity index (χ3v) is 2.56. The number of pyridine rings is 1. The number of benzene rings is 1.